The average molecular weight is 332 g/mol. The maximum atomic E-state index is 4.37. The quantitative estimate of drug-likeness (QED) is 0.930. The number of nitrogens with one attached hydrogen (secondary N) is 1. The third-order valence-electron chi connectivity index (χ3n) is 3.89. The van der Waals surface area contributed by atoms with Crippen LogP contribution in [0.1, 0.15) is 35.7 Å². The standard InChI is InChI=1S/C16H18BrN3/c1-11-8-19-14(9-18-11)10-20-13-6-12(7-13)15-4-2-3-5-16(15)17/h2-5,8-9,12-13,20H,6-7,10H2,1H3. The Balaban J connectivity index is 1.49. The highest BCUT2D eigenvalue weighted by Gasteiger charge is 2.30. The first-order chi connectivity index (χ1) is 9.72. The van der Waals surface area contributed by atoms with Gasteiger partial charge in [-0.25, -0.2) is 0 Å². The van der Waals surface area contributed by atoms with Crippen LogP contribution in [0, 0.1) is 6.92 Å². The number of hydrogen-bond acceptors (Lipinski definition) is 3. The fourth-order valence-corrected chi connectivity index (χ4v) is 3.21. The molecule has 1 aliphatic carbocycles. The van der Waals surface area contributed by atoms with Gasteiger partial charge < -0.3 is 5.32 Å². The highest BCUT2D eigenvalue weighted by atomic mass is 79.9. The molecule has 1 heterocycles. The molecule has 1 aromatic carbocycles. The van der Waals surface area contributed by atoms with Crippen molar-refractivity contribution in [3.05, 3.63) is 58.1 Å². The highest BCUT2D eigenvalue weighted by Crippen LogP contribution is 2.39. The molecule has 0 atom stereocenters. The molecule has 104 valence electrons. The average Bonchev–Trinajstić information content (AvgIpc) is 2.41. The summed E-state index contributed by atoms with van der Waals surface area (Å²) in [5.41, 5.74) is 3.41. The first-order valence-electron chi connectivity index (χ1n) is 6.97. The first-order valence-corrected chi connectivity index (χ1v) is 7.77. The third kappa shape index (κ3) is 3.07. The highest BCUT2D eigenvalue weighted by molar-refractivity contribution is 9.10. The second-order valence-electron chi connectivity index (χ2n) is 5.42. The maximum absolute atomic E-state index is 4.37. The van der Waals surface area contributed by atoms with E-state index < -0.39 is 0 Å². The van der Waals surface area contributed by atoms with Crippen LogP contribution in [-0.4, -0.2) is 16.0 Å². The van der Waals surface area contributed by atoms with E-state index in [2.05, 4.69) is 55.5 Å². The molecule has 1 N–H and O–H groups in total. The molecule has 4 heteroatoms. The fourth-order valence-electron chi connectivity index (χ4n) is 2.60. The summed E-state index contributed by atoms with van der Waals surface area (Å²) >= 11 is 3.64. The topological polar surface area (TPSA) is 37.8 Å². The van der Waals surface area contributed by atoms with Crippen LogP contribution in [0.4, 0.5) is 0 Å². The summed E-state index contributed by atoms with van der Waals surface area (Å²) in [5.74, 6) is 0.673. The zero-order chi connectivity index (χ0) is 13.9. The summed E-state index contributed by atoms with van der Waals surface area (Å²) in [4.78, 5) is 8.63. The van der Waals surface area contributed by atoms with Crippen molar-refractivity contribution in [2.24, 2.45) is 0 Å². The van der Waals surface area contributed by atoms with Gasteiger partial charge in [-0.15, -0.1) is 0 Å². The van der Waals surface area contributed by atoms with Crippen LogP contribution in [0.5, 0.6) is 0 Å². The zero-order valence-corrected chi connectivity index (χ0v) is 13.1. The Morgan fingerprint density at radius 2 is 2.00 bits per heavy atom. The van der Waals surface area contributed by atoms with Crippen molar-refractivity contribution >= 4 is 15.9 Å². The number of hydrogen-bond donors (Lipinski definition) is 1. The lowest BCUT2D eigenvalue weighted by molar-refractivity contribution is 0.288. The van der Waals surface area contributed by atoms with Gasteiger partial charge in [-0.1, -0.05) is 34.1 Å². The Kier molecular flexibility index (Phi) is 4.13. The van der Waals surface area contributed by atoms with Crippen molar-refractivity contribution in [2.45, 2.75) is 38.3 Å². The lowest BCUT2D eigenvalue weighted by atomic mass is 9.76. The molecular weight excluding hydrogens is 314 g/mol. The zero-order valence-electron chi connectivity index (χ0n) is 11.5. The van der Waals surface area contributed by atoms with Crippen LogP contribution in [0.15, 0.2) is 41.1 Å². The maximum Gasteiger partial charge on any atom is 0.0724 e. The van der Waals surface area contributed by atoms with Crippen molar-refractivity contribution in [3.63, 3.8) is 0 Å². The van der Waals surface area contributed by atoms with Gasteiger partial charge in [0.05, 0.1) is 11.4 Å². The van der Waals surface area contributed by atoms with Crippen molar-refractivity contribution < 1.29 is 0 Å². The summed E-state index contributed by atoms with van der Waals surface area (Å²) in [6.45, 7) is 2.76. The molecule has 2 aromatic rings. The summed E-state index contributed by atoms with van der Waals surface area (Å²) < 4.78 is 1.23. The van der Waals surface area contributed by atoms with Gasteiger partial charge in [-0.05, 0) is 37.3 Å². The third-order valence-corrected chi connectivity index (χ3v) is 4.61. The number of halogens is 1. The van der Waals surface area contributed by atoms with E-state index in [1.807, 2.05) is 19.3 Å². The summed E-state index contributed by atoms with van der Waals surface area (Å²) in [5, 5.41) is 3.56. The molecule has 0 unspecified atom stereocenters. The molecule has 0 saturated heterocycles. The molecule has 3 rings (SSSR count). The van der Waals surface area contributed by atoms with E-state index in [0.717, 1.165) is 17.9 Å². The lowest BCUT2D eigenvalue weighted by Crippen LogP contribution is -2.39. The number of aryl methyl sites for hydroxylation is 1. The molecule has 0 aliphatic heterocycles. The summed E-state index contributed by atoms with van der Waals surface area (Å²) in [7, 11) is 0. The van der Waals surface area contributed by atoms with E-state index in [1.165, 1.54) is 22.9 Å². The molecule has 0 radical (unpaired) electrons. The number of aromatic nitrogens is 2. The molecule has 1 aromatic heterocycles. The van der Waals surface area contributed by atoms with E-state index in [4.69, 9.17) is 0 Å². The number of nitrogens with zero attached hydrogens (tertiary/aromatic N) is 2. The minimum absolute atomic E-state index is 0.593. The second kappa shape index (κ2) is 6.02. The fraction of sp³-hybridized carbons (Fsp3) is 0.375. The molecular formula is C16H18BrN3. The summed E-state index contributed by atoms with van der Waals surface area (Å²) in [6, 6.07) is 9.12. The Bertz CT molecular complexity index is 577. The van der Waals surface area contributed by atoms with Crippen molar-refractivity contribution in [3.8, 4) is 0 Å². The van der Waals surface area contributed by atoms with Crippen molar-refractivity contribution in [2.75, 3.05) is 0 Å². The van der Waals surface area contributed by atoms with Crippen LogP contribution in [0.25, 0.3) is 0 Å². The van der Waals surface area contributed by atoms with Crippen molar-refractivity contribution in [1.29, 1.82) is 0 Å². The second-order valence-corrected chi connectivity index (χ2v) is 6.27. The molecule has 1 aliphatic rings. The molecule has 3 nitrogen and oxygen atoms in total. The SMILES string of the molecule is Cc1cnc(CNC2CC(c3ccccc3Br)C2)cn1. The minimum atomic E-state index is 0.593. The Morgan fingerprint density at radius 3 is 2.70 bits per heavy atom. The summed E-state index contributed by atoms with van der Waals surface area (Å²) in [6.07, 6.45) is 6.07. The van der Waals surface area contributed by atoms with Gasteiger partial charge in [-0.3, -0.25) is 9.97 Å². The number of benzene rings is 1. The first kappa shape index (κ1) is 13.7. The van der Waals surface area contributed by atoms with Crippen LogP contribution >= 0.6 is 15.9 Å². The van der Waals surface area contributed by atoms with Gasteiger partial charge in [0.15, 0.2) is 0 Å². The van der Waals surface area contributed by atoms with E-state index in [0.29, 0.717) is 12.0 Å². The smallest absolute Gasteiger partial charge is 0.0724 e. The van der Waals surface area contributed by atoms with E-state index >= 15 is 0 Å². The van der Waals surface area contributed by atoms with Gasteiger partial charge >= 0.3 is 0 Å². The minimum Gasteiger partial charge on any atom is -0.308 e. The molecule has 0 amide bonds. The van der Waals surface area contributed by atoms with Gasteiger partial charge in [0.1, 0.15) is 0 Å². The lowest BCUT2D eigenvalue weighted by Gasteiger charge is -2.36. The molecule has 0 spiro atoms. The number of rotatable bonds is 4. The Labute approximate surface area is 128 Å². The predicted octanol–water partition coefficient (Wildman–Crippen LogP) is 3.58. The van der Waals surface area contributed by atoms with Crippen LogP contribution in [0.2, 0.25) is 0 Å². The van der Waals surface area contributed by atoms with Gasteiger partial charge in [0, 0.05) is 29.5 Å². The van der Waals surface area contributed by atoms with Gasteiger partial charge in [0.2, 0.25) is 0 Å². The van der Waals surface area contributed by atoms with Crippen LogP contribution in [0.3, 0.4) is 0 Å². The van der Waals surface area contributed by atoms with E-state index in [9.17, 15) is 0 Å². The molecule has 0 bridgehead atoms. The van der Waals surface area contributed by atoms with Gasteiger partial charge in [-0.2, -0.15) is 0 Å². The molecule has 1 fully saturated rings. The monoisotopic (exact) mass is 331 g/mol. The largest absolute Gasteiger partial charge is 0.308 e. The van der Waals surface area contributed by atoms with Crippen LogP contribution in [-0.2, 0) is 6.54 Å². The molecule has 20 heavy (non-hydrogen) atoms. The van der Waals surface area contributed by atoms with E-state index in [1.54, 1.807) is 0 Å². The molecule has 1 saturated carbocycles. The van der Waals surface area contributed by atoms with E-state index in [-0.39, 0.29) is 0 Å². The normalized spacial score (nSPS) is 21.5. The predicted molar refractivity (Wildman–Crippen MR) is 83.5 cm³/mol. The Hall–Kier alpha value is -1.26. The Morgan fingerprint density at radius 1 is 1.20 bits per heavy atom. The van der Waals surface area contributed by atoms with Gasteiger partial charge in [0.25, 0.3) is 0 Å². The van der Waals surface area contributed by atoms with Crippen molar-refractivity contribution in [1.82, 2.24) is 15.3 Å². The van der Waals surface area contributed by atoms with Crippen LogP contribution < -0.4 is 5.32 Å².